The predicted octanol–water partition coefficient (Wildman–Crippen LogP) is 11.6. The van der Waals surface area contributed by atoms with Crippen molar-refractivity contribution >= 4 is 65.3 Å². The first kappa shape index (κ1) is 28.6. The summed E-state index contributed by atoms with van der Waals surface area (Å²) in [5, 5.41) is 8.98. The van der Waals surface area contributed by atoms with Crippen LogP contribution in [0.15, 0.2) is 168 Å². The molecule has 7 aromatic carbocycles. The summed E-state index contributed by atoms with van der Waals surface area (Å²) in [6.45, 7) is 0. The van der Waals surface area contributed by atoms with E-state index in [9.17, 15) is 0 Å². The van der Waals surface area contributed by atoms with Gasteiger partial charge in [-0.05, 0) is 64.0 Å². The predicted molar refractivity (Wildman–Crippen MR) is 211 cm³/mol. The van der Waals surface area contributed by atoms with Gasteiger partial charge in [-0.2, -0.15) is 0 Å². The summed E-state index contributed by atoms with van der Waals surface area (Å²) < 4.78 is 8.58. The Hall–Kier alpha value is -7.18. The third-order valence-corrected chi connectivity index (χ3v) is 10.1. The van der Waals surface area contributed by atoms with Crippen LogP contribution in [0.5, 0.6) is 0 Å². The number of aromatic nitrogens is 5. The normalized spacial score (nSPS) is 11.8. The average molecular weight is 666 g/mol. The van der Waals surface area contributed by atoms with E-state index in [-0.39, 0.29) is 0 Å². The number of rotatable bonds is 4. The molecule has 242 valence electrons. The maximum atomic E-state index is 6.26. The molecule has 0 atom stereocenters. The fourth-order valence-electron chi connectivity index (χ4n) is 7.80. The van der Waals surface area contributed by atoms with Crippen molar-refractivity contribution in [2.24, 2.45) is 0 Å². The first-order valence-corrected chi connectivity index (χ1v) is 17.3. The molecule has 0 saturated carbocycles. The van der Waals surface area contributed by atoms with Gasteiger partial charge in [0, 0.05) is 50.6 Å². The lowest BCUT2D eigenvalue weighted by Crippen LogP contribution is -2.03. The van der Waals surface area contributed by atoms with Crippen LogP contribution in [0.3, 0.4) is 0 Å². The second-order valence-corrected chi connectivity index (χ2v) is 13.1. The number of fused-ring (bicyclic) bond motifs is 9. The lowest BCUT2D eigenvalue weighted by molar-refractivity contribution is 0.668. The Morgan fingerprint density at radius 1 is 0.442 bits per heavy atom. The lowest BCUT2D eigenvalue weighted by atomic mass is 10.00. The van der Waals surface area contributed by atoms with Crippen LogP contribution in [0.1, 0.15) is 0 Å². The minimum absolute atomic E-state index is 0.563. The molecule has 0 aliphatic heterocycles. The van der Waals surface area contributed by atoms with Gasteiger partial charge in [0.05, 0.1) is 16.7 Å². The number of furan rings is 1. The smallest absolute Gasteiger partial charge is 0.166 e. The van der Waals surface area contributed by atoms with Gasteiger partial charge in [0.2, 0.25) is 0 Å². The number of hydrogen-bond donors (Lipinski definition) is 0. The SMILES string of the molecule is c1ccc(-n2c3ccccc3c3ccccc32)c(-c2nc(-c3ccc4c(ccc5ccccc54)c3)nc(-c3cccc4oc5ccncc5c34)n2)c1. The summed E-state index contributed by atoms with van der Waals surface area (Å²) in [6.07, 6.45) is 3.59. The van der Waals surface area contributed by atoms with Gasteiger partial charge >= 0.3 is 0 Å². The largest absolute Gasteiger partial charge is 0.456 e. The molecule has 0 radical (unpaired) electrons. The number of para-hydroxylation sites is 3. The standard InChI is InChI=1S/C46H27N5O/c1-2-11-31-28(10-1)20-21-29-26-30(22-23-32(29)31)44-48-45(50-46(49-44)36-15-9-19-42-43(36)37-27-47-25-24-41(37)52-42)35-14-5-8-18-40(35)51-38-16-6-3-12-33(38)34-13-4-7-17-39(34)51/h1-27H. The third kappa shape index (κ3) is 4.31. The Balaban J connectivity index is 1.19. The molecule has 0 saturated heterocycles. The molecule has 4 aromatic heterocycles. The molecule has 0 bridgehead atoms. The molecule has 0 aliphatic carbocycles. The van der Waals surface area contributed by atoms with E-state index in [4.69, 9.17) is 19.4 Å². The molecule has 11 aromatic rings. The zero-order chi connectivity index (χ0) is 34.2. The topological polar surface area (TPSA) is 69.6 Å². The first-order chi connectivity index (χ1) is 25.8. The van der Waals surface area contributed by atoms with Gasteiger partial charge in [0.15, 0.2) is 17.5 Å². The molecule has 6 heteroatoms. The van der Waals surface area contributed by atoms with Gasteiger partial charge in [-0.25, -0.2) is 15.0 Å². The molecule has 0 N–H and O–H groups in total. The fraction of sp³-hybridized carbons (Fsp3) is 0. The molecular formula is C46H27N5O. The maximum absolute atomic E-state index is 6.26. The summed E-state index contributed by atoms with van der Waals surface area (Å²) >= 11 is 0. The first-order valence-electron chi connectivity index (χ1n) is 17.3. The van der Waals surface area contributed by atoms with Crippen LogP contribution in [0.4, 0.5) is 0 Å². The van der Waals surface area contributed by atoms with E-state index in [1.54, 1.807) is 6.20 Å². The number of pyridine rings is 1. The molecule has 0 amide bonds. The third-order valence-electron chi connectivity index (χ3n) is 10.1. The molecular weight excluding hydrogens is 639 g/mol. The van der Waals surface area contributed by atoms with Gasteiger partial charge in [0.1, 0.15) is 11.2 Å². The molecule has 11 rings (SSSR count). The average Bonchev–Trinajstić information content (AvgIpc) is 3.76. The van der Waals surface area contributed by atoms with Crippen LogP contribution in [0.2, 0.25) is 0 Å². The summed E-state index contributed by atoms with van der Waals surface area (Å²) in [7, 11) is 0. The van der Waals surface area contributed by atoms with Crippen molar-refractivity contribution in [2.75, 3.05) is 0 Å². The quantitative estimate of drug-likeness (QED) is 0.175. The van der Waals surface area contributed by atoms with Crippen molar-refractivity contribution < 1.29 is 4.42 Å². The van der Waals surface area contributed by atoms with E-state index in [1.165, 1.54) is 26.9 Å². The fourth-order valence-corrected chi connectivity index (χ4v) is 7.80. The summed E-state index contributed by atoms with van der Waals surface area (Å²) in [5.41, 5.74) is 7.42. The second kappa shape index (κ2) is 11.2. The van der Waals surface area contributed by atoms with Crippen molar-refractivity contribution in [1.82, 2.24) is 24.5 Å². The van der Waals surface area contributed by atoms with Gasteiger partial charge in [-0.15, -0.1) is 0 Å². The molecule has 0 spiro atoms. The van der Waals surface area contributed by atoms with Crippen molar-refractivity contribution in [3.8, 4) is 39.9 Å². The van der Waals surface area contributed by atoms with E-state index in [0.717, 1.165) is 60.7 Å². The van der Waals surface area contributed by atoms with Crippen LogP contribution in [0.25, 0.3) is 105 Å². The van der Waals surface area contributed by atoms with E-state index < -0.39 is 0 Å². The van der Waals surface area contributed by atoms with Gasteiger partial charge in [0.25, 0.3) is 0 Å². The minimum Gasteiger partial charge on any atom is -0.456 e. The highest BCUT2D eigenvalue weighted by molar-refractivity contribution is 6.12. The Labute approximate surface area is 297 Å². The number of hydrogen-bond acceptors (Lipinski definition) is 5. The zero-order valence-corrected chi connectivity index (χ0v) is 27.7. The highest BCUT2D eigenvalue weighted by Gasteiger charge is 2.21. The Kier molecular flexibility index (Phi) is 6.15. The second-order valence-electron chi connectivity index (χ2n) is 13.1. The van der Waals surface area contributed by atoms with Crippen molar-refractivity contribution in [3.05, 3.63) is 164 Å². The molecule has 52 heavy (non-hydrogen) atoms. The van der Waals surface area contributed by atoms with Gasteiger partial charge in [-0.3, -0.25) is 4.98 Å². The number of benzene rings is 7. The van der Waals surface area contributed by atoms with Gasteiger partial charge in [-0.1, -0.05) is 109 Å². The summed E-state index contributed by atoms with van der Waals surface area (Å²) in [5.74, 6) is 1.74. The van der Waals surface area contributed by atoms with Gasteiger partial charge < -0.3 is 8.98 Å². The summed E-state index contributed by atoms with van der Waals surface area (Å²) in [4.78, 5) is 20.2. The Morgan fingerprint density at radius 3 is 1.94 bits per heavy atom. The van der Waals surface area contributed by atoms with E-state index >= 15 is 0 Å². The molecule has 0 aliphatic rings. The minimum atomic E-state index is 0.563. The Bertz CT molecular complexity index is 3160. The maximum Gasteiger partial charge on any atom is 0.166 e. The van der Waals surface area contributed by atoms with Crippen molar-refractivity contribution in [2.45, 2.75) is 0 Å². The van der Waals surface area contributed by atoms with Crippen molar-refractivity contribution in [3.63, 3.8) is 0 Å². The van der Waals surface area contributed by atoms with Crippen LogP contribution >= 0.6 is 0 Å². The van der Waals surface area contributed by atoms with E-state index in [1.807, 2.05) is 30.5 Å². The highest BCUT2D eigenvalue weighted by atomic mass is 16.3. The monoisotopic (exact) mass is 665 g/mol. The van der Waals surface area contributed by atoms with Crippen LogP contribution in [-0.4, -0.2) is 24.5 Å². The van der Waals surface area contributed by atoms with Crippen LogP contribution in [-0.2, 0) is 0 Å². The highest BCUT2D eigenvalue weighted by Crippen LogP contribution is 2.39. The molecule has 0 fully saturated rings. The van der Waals surface area contributed by atoms with E-state index in [2.05, 4.69) is 137 Å². The zero-order valence-electron chi connectivity index (χ0n) is 27.7. The lowest BCUT2D eigenvalue weighted by Gasteiger charge is -2.15. The number of nitrogens with zero attached hydrogens (tertiary/aromatic N) is 5. The summed E-state index contributed by atoms with van der Waals surface area (Å²) in [6, 6.07) is 52.7. The molecule has 6 nitrogen and oxygen atoms in total. The van der Waals surface area contributed by atoms with Crippen molar-refractivity contribution in [1.29, 1.82) is 0 Å². The molecule has 0 unspecified atom stereocenters. The Morgan fingerprint density at radius 2 is 1.10 bits per heavy atom. The van der Waals surface area contributed by atoms with Crippen LogP contribution in [0, 0.1) is 0 Å². The van der Waals surface area contributed by atoms with Crippen LogP contribution < -0.4 is 0 Å². The van der Waals surface area contributed by atoms with E-state index in [0.29, 0.717) is 17.5 Å². The molecule has 4 heterocycles.